The average Bonchev–Trinajstić information content (AvgIpc) is 2.86. The van der Waals surface area contributed by atoms with E-state index in [-0.39, 0.29) is 11.4 Å². The lowest BCUT2D eigenvalue weighted by Crippen LogP contribution is -2.42. The van der Waals surface area contributed by atoms with E-state index in [1.165, 1.54) is 6.07 Å². The summed E-state index contributed by atoms with van der Waals surface area (Å²) in [5, 5.41) is 0. The van der Waals surface area contributed by atoms with Crippen LogP contribution in [0.25, 0.3) is 0 Å². The predicted octanol–water partition coefficient (Wildman–Crippen LogP) is 1.27. The van der Waals surface area contributed by atoms with Gasteiger partial charge in [0.25, 0.3) is 5.91 Å². The van der Waals surface area contributed by atoms with Gasteiger partial charge in [0.2, 0.25) is 0 Å². The summed E-state index contributed by atoms with van der Waals surface area (Å²) < 4.78 is 46.6. The molecule has 2 aliphatic rings. The molecule has 2 heterocycles. The van der Waals surface area contributed by atoms with Crippen molar-refractivity contribution >= 4 is 50.5 Å². The molecule has 2 aliphatic heterocycles. The Labute approximate surface area is 166 Å². The molecule has 0 unspecified atom stereocenters. The lowest BCUT2D eigenvalue weighted by molar-refractivity contribution is -0.117. The zero-order valence-corrected chi connectivity index (χ0v) is 17.4. The fourth-order valence-corrected chi connectivity index (χ4v) is 4.83. The van der Waals surface area contributed by atoms with Gasteiger partial charge in [-0.1, -0.05) is 0 Å². The summed E-state index contributed by atoms with van der Waals surface area (Å²) in [6, 6.07) is 3.39. The number of benzene rings is 1. The monoisotopic (exact) mass is 498 g/mol. The predicted molar refractivity (Wildman–Crippen MR) is 104 cm³/mol. The van der Waals surface area contributed by atoms with E-state index >= 15 is 0 Å². The van der Waals surface area contributed by atoms with Crippen LogP contribution < -0.4 is 17.0 Å². The molecule has 11 heteroatoms. The molecular weight excluding hydrogens is 478 g/mol. The van der Waals surface area contributed by atoms with Gasteiger partial charge >= 0.3 is 10.2 Å². The van der Waals surface area contributed by atoms with Crippen LogP contribution in [-0.4, -0.2) is 59.0 Å². The Bertz CT molecular complexity index is 812. The first-order valence-electron chi connectivity index (χ1n) is 8.09. The molecule has 1 amide bonds. The van der Waals surface area contributed by atoms with Crippen molar-refractivity contribution in [2.75, 3.05) is 42.9 Å². The summed E-state index contributed by atoms with van der Waals surface area (Å²) in [4.78, 5) is 15.7. The molecule has 26 heavy (non-hydrogen) atoms. The first-order chi connectivity index (χ1) is 12.2. The van der Waals surface area contributed by atoms with Crippen LogP contribution in [0, 0.1) is 5.82 Å². The minimum absolute atomic E-state index is 0.0652. The van der Waals surface area contributed by atoms with Crippen LogP contribution in [0.3, 0.4) is 0 Å². The zero-order valence-electron chi connectivity index (χ0n) is 14.4. The van der Waals surface area contributed by atoms with Crippen LogP contribution in [0.15, 0.2) is 12.1 Å². The van der Waals surface area contributed by atoms with Crippen LogP contribution in [-0.2, 0) is 15.0 Å². The maximum absolute atomic E-state index is 14.8. The Morgan fingerprint density at radius 2 is 1.96 bits per heavy atom. The van der Waals surface area contributed by atoms with Crippen molar-refractivity contribution in [2.24, 2.45) is 0 Å². The number of rotatable bonds is 4. The highest BCUT2D eigenvalue weighted by Crippen LogP contribution is 2.39. The number of nitrogens with one attached hydrogen (secondary N) is 1. The minimum Gasteiger partial charge on any atom is -0.425 e. The first kappa shape index (κ1) is 19.4. The number of halogens is 2. The van der Waals surface area contributed by atoms with Crippen LogP contribution >= 0.6 is 23.0 Å². The average molecular weight is 498 g/mol. The summed E-state index contributed by atoms with van der Waals surface area (Å²) in [6.45, 7) is 1.06. The molecule has 0 bridgehead atoms. The molecule has 1 N–H and O–H groups in total. The van der Waals surface area contributed by atoms with Crippen molar-refractivity contribution in [3.8, 4) is 5.75 Å². The summed E-state index contributed by atoms with van der Waals surface area (Å²) in [5.41, 5.74) is 0.371. The van der Waals surface area contributed by atoms with Gasteiger partial charge in [-0.25, -0.2) is 13.4 Å². The Hall–Kier alpha value is -1.34. The van der Waals surface area contributed by atoms with Gasteiger partial charge in [-0.2, -0.15) is 8.42 Å². The van der Waals surface area contributed by atoms with Crippen LogP contribution in [0.2, 0.25) is 0 Å². The van der Waals surface area contributed by atoms with Gasteiger partial charge in [-0.05, 0) is 33.0 Å². The molecule has 1 aromatic rings. The highest BCUT2D eigenvalue weighted by Gasteiger charge is 2.38. The number of anilines is 2. The molecule has 0 aliphatic carbocycles. The van der Waals surface area contributed by atoms with E-state index in [9.17, 15) is 17.6 Å². The fourth-order valence-electron chi connectivity index (χ4n) is 3.33. The number of carbonyl (C=O) groups excluding carboxylic acids is 1. The summed E-state index contributed by atoms with van der Waals surface area (Å²) in [7, 11) is -0.0191. The second-order valence-corrected chi connectivity index (χ2v) is 8.61. The van der Waals surface area contributed by atoms with E-state index in [2.05, 4.69) is 4.90 Å². The molecule has 144 valence electrons. The van der Waals surface area contributed by atoms with Gasteiger partial charge in [0.15, 0.2) is 34.6 Å². The van der Waals surface area contributed by atoms with Crippen LogP contribution in [0.5, 0.6) is 5.75 Å². The Morgan fingerprint density at radius 3 is 2.46 bits per heavy atom. The largest absolute Gasteiger partial charge is 0.425 e. The van der Waals surface area contributed by atoms with Crippen LogP contribution in [0.1, 0.15) is 12.8 Å². The molecule has 0 radical (unpaired) electrons. The number of amides is 1. The second kappa shape index (κ2) is 7.35. The number of hydrogen-bond donors (Lipinski definition) is 1. The van der Waals surface area contributed by atoms with Gasteiger partial charge in [0, 0.05) is 30.9 Å². The third-order valence-electron chi connectivity index (χ3n) is 4.73. The maximum atomic E-state index is 14.8. The quantitative estimate of drug-likeness (QED) is 0.630. The normalized spacial score (nSPS) is 20.6. The third-order valence-corrected chi connectivity index (χ3v) is 6.58. The van der Waals surface area contributed by atoms with Crippen molar-refractivity contribution in [1.82, 2.24) is 9.62 Å². The molecular formula is C15H20FIN4O4S. The highest BCUT2D eigenvalue weighted by atomic mass is 127. The van der Waals surface area contributed by atoms with Crippen molar-refractivity contribution < 1.29 is 20.7 Å². The number of nitrogens with zero attached hydrogens (tertiary/aromatic N) is 3. The summed E-state index contributed by atoms with van der Waals surface area (Å²) >= 11 is 1.58. The Kier molecular flexibility index (Phi) is 5.49. The molecule has 2 saturated heterocycles. The molecule has 2 fully saturated rings. The lowest BCUT2D eigenvalue weighted by Gasteiger charge is -2.36. The minimum atomic E-state index is -4.11. The third kappa shape index (κ3) is 3.69. The molecule has 0 saturated carbocycles. The Balaban J connectivity index is 1.90. The summed E-state index contributed by atoms with van der Waals surface area (Å²) in [5.74, 6) is -1.39. The molecule has 0 atom stereocenters. The molecule has 3 rings (SSSR count). The number of piperidine rings is 1. The van der Waals surface area contributed by atoms with Crippen LogP contribution in [0.4, 0.5) is 15.8 Å². The Morgan fingerprint density at radius 1 is 1.31 bits per heavy atom. The molecule has 0 aromatic heterocycles. The van der Waals surface area contributed by atoms with Crippen molar-refractivity contribution in [3.63, 3.8) is 0 Å². The molecule has 1 aromatic carbocycles. The number of carbonyl (C=O) groups is 1. The van der Waals surface area contributed by atoms with E-state index in [1.807, 2.05) is 23.7 Å². The molecule has 0 spiro atoms. The van der Waals surface area contributed by atoms with E-state index in [4.69, 9.17) is 3.07 Å². The lowest BCUT2D eigenvalue weighted by atomic mass is 10.0. The summed E-state index contributed by atoms with van der Waals surface area (Å²) in [6.07, 6.45) is 1.91. The van der Waals surface area contributed by atoms with Gasteiger partial charge in [0.1, 0.15) is 12.2 Å². The van der Waals surface area contributed by atoms with Crippen molar-refractivity contribution in [3.05, 3.63) is 17.9 Å². The van der Waals surface area contributed by atoms with E-state index in [0.29, 0.717) is 16.0 Å². The van der Waals surface area contributed by atoms with E-state index in [0.717, 1.165) is 25.9 Å². The van der Waals surface area contributed by atoms with Gasteiger partial charge in [-0.3, -0.25) is 4.79 Å². The highest BCUT2D eigenvalue weighted by molar-refractivity contribution is 14.1. The van der Waals surface area contributed by atoms with Gasteiger partial charge < -0.3 is 12.9 Å². The van der Waals surface area contributed by atoms with E-state index < -0.39 is 28.5 Å². The van der Waals surface area contributed by atoms with E-state index in [1.54, 1.807) is 29.1 Å². The maximum Gasteiger partial charge on any atom is 0.326 e. The number of hydrogen-bond acceptors (Lipinski definition) is 6. The van der Waals surface area contributed by atoms with Crippen molar-refractivity contribution in [2.45, 2.75) is 18.9 Å². The molecule has 8 nitrogen and oxygen atoms in total. The smallest absolute Gasteiger partial charge is 0.326 e. The SMILES string of the molecule is CN(C)C1CCN(c2cc(F)c(N3CC(=O)NS3(=O)=O)c(OI)c2)CC1. The van der Waals surface area contributed by atoms with Gasteiger partial charge in [0.05, 0.1) is 0 Å². The second-order valence-electron chi connectivity index (χ2n) is 6.57. The first-order valence-corrected chi connectivity index (χ1v) is 10.4. The zero-order chi connectivity index (χ0) is 19.1. The standard InChI is InChI=1S/C15H20FIN4O4S/c1-19(2)10-3-5-20(6-4-10)11-7-12(16)15(13(8-11)25-17)21-9-14(22)18-26(21,23)24/h7-8,10H,3-6,9H2,1-2H3,(H,18,22). The van der Waals surface area contributed by atoms with Gasteiger partial charge in [-0.15, -0.1) is 0 Å². The topological polar surface area (TPSA) is 82.2 Å². The fraction of sp³-hybridized carbons (Fsp3) is 0.533. The van der Waals surface area contributed by atoms with Crippen molar-refractivity contribution in [1.29, 1.82) is 0 Å².